The number of nitrogens with two attached hydrogens (primary N) is 1. The van der Waals surface area contributed by atoms with Crippen LogP contribution in [0.3, 0.4) is 0 Å². The highest BCUT2D eigenvalue weighted by molar-refractivity contribution is 5.77. The number of rotatable bonds is 4. The quantitative estimate of drug-likeness (QED) is 0.675. The standard InChI is InChI=1S/C9H19NO/c1-5-9(4,10)6-7(2)8(3)11/h7H,5-6,10H2,1-4H3. The summed E-state index contributed by atoms with van der Waals surface area (Å²) in [6, 6.07) is 0. The maximum atomic E-state index is 10.9. The smallest absolute Gasteiger partial charge is 0.132 e. The molecule has 0 rings (SSSR count). The van der Waals surface area contributed by atoms with E-state index in [4.69, 9.17) is 5.73 Å². The van der Waals surface area contributed by atoms with Crippen LogP contribution in [0, 0.1) is 5.92 Å². The van der Waals surface area contributed by atoms with Gasteiger partial charge in [0.15, 0.2) is 0 Å². The molecule has 2 unspecified atom stereocenters. The molecule has 2 atom stereocenters. The topological polar surface area (TPSA) is 43.1 Å². The van der Waals surface area contributed by atoms with Crippen LogP contribution < -0.4 is 5.73 Å². The van der Waals surface area contributed by atoms with E-state index >= 15 is 0 Å². The zero-order valence-corrected chi connectivity index (χ0v) is 7.98. The van der Waals surface area contributed by atoms with Crippen molar-refractivity contribution in [3.05, 3.63) is 0 Å². The van der Waals surface area contributed by atoms with E-state index in [1.165, 1.54) is 0 Å². The summed E-state index contributed by atoms with van der Waals surface area (Å²) in [4.78, 5) is 10.9. The second kappa shape index (κ2) is 3.86. The van der Waals surface area contributed by atoms with Gasteiger partial charge in [0.25, 0.3) is 0 Å². The molecule has 0 aromatic rings. The van der Waals surface area contributed by atoms with E-state index < -0.39 is 0 Å². The Morgan fingerprint density at radius 1 is 1.64 bits per heavy atom. The van der Waals surface area contributed by atoms with E-state index in [1.807, 2.05) is 20.8 Å². The molecule has 0 saturated carbocycles. The Balaban J connectivity index is 3.93. The molecule has 2 heteroatoms. The molecule has 0 aromatic heterocycles. The van der Waals surface area contributed by atoms with Crippen molar-refractivity contribution < 1.29 is 4.79 Å². The van der Waals surface area contributed by atoms with Gasteiger partial charge in [-0.05, 0) is 26.7 Å². The Morgan fingerprint density at radius 2 is 2.09 bits per heavy atom. The van der Waals surface area contributed by atoms with Gasteiger partial charge in [-0.25, -0.2) is 0 Å². The molecule has 2 nitrogen and oxygen atoms in total. The Bertz CT molecular complexity index is 140. The molecular formula is C9H19NO. The van der Waals surface area contributed by atoms with Gasteiger partial charge in [-0.2, -0.15) is 0 Å². The van der Waals surface area contributed by atoms with Crippen molar-refractivity contribution in [2.45, 2.75) is 46.1 Å². The molecule has 0 bridgehead atoms. The van der Waals surface area contributed by atoms with E-state index in [0.29, 0.717) is 0 Å². The first kappa shape index (κ1) is 10.6. The van der Waals surface area contributed by atoms with Crippen molar-refractivity contribution in [1.29, 1.82) is 0 Å². The summed E-state index contributed by atoms with van der Waals surface area (Å²) in [7, 11) is 0. The van der Waals surface area contributed by atoms with Crippen molar-refractivity contribution in [3.63, 3.8) is 0 Å². The lowest BCUT2D eigenvalue weighted by Gasteiger charge is -2.25. The number of ketones is 1. The number of hydrogen-bond acceptors (Lipinski definition) is 2. The van der Waals surface area contributed by atoms with E-state index in [-0.39, 0.29) is 17.2 Å². The third-order valence-electron chi connectivity index (χ3n) is 2.27. The van der Waals surface area contributed by atoms with Crippen molar-refractivity contribution in [1.82, 2.24) is 0 Å². The molecule has 2 N–H and O–H groups in total. The summed E-state index contributed by atoms with van der Waals surface area (Å²) in [6.07, 6.45) is 1.71. The van der Waals surface area contributed by atoms with Crippen LogP contribution in [0.15, 0.2) is 0 Å². The highest BCUT2D eigenvalue weighted by Crippen LogP contribution is 2.17. The van der Waals surface area contributed by atoms with Crippen LogP contribution in [0.25, 0.3) is 0 Å². The Morgan fingerprint density at radius 3 is 2.36 bits per heavy atom. The van der Waals surface area contributed by atoms with Crippen molar-refractivity contribution in [2.24, 2.45) is 11.7 Å². The molecule has 0 aromatic carbocycles. The van der Waals surface area contributed by atoms with Crippen LogP contribution in [0.5, 0.6) is 0 Å². The van der Waals surface area contributed by atoms with Gasteiger partial charge in [0.2, 0.25) is 0 Å². The predicted octanol–water partition coefficient (Wildman–Crippen LogP) is 1.73. The SMILES string of the molecule is CCC(C)(N)CC(C)C(C)=O. The molecule has 66 valence electrons. The zero-order chi connectivity index (χ0) is 9.07. The fourth-order valence-electron chi connectivity index (χ4n) is 0.988. The minimum absolute atomic E-state index is 0.102. The molecule has 0 aliphatic heterocycles. The molecule has 0 saturated heterocycles. The van der Waals surface area contributed by atoms with Gasteiger partial charge >= 0.3 is 0 Å². The third-order valence-corrected chi connectivity index (χ3v) is 2.27. The normalized spacial score (nSPS) is 19.0. The van der Waals surface area contributed by atoms with Gasteiger partial charge in [0.05, 0.1) is 0 Å². The summed E-state index contributed by atoms with van der Waals surface area (Å²) < 4.78 is 0. The number of carbonyl (C=O) groups is 1. The van der Waals surface area contributed by atoms with Crippen LogP contribution in [0.1, 0.15) is 40.5 Å². The molecule has 0 heterocycles. The number of hydrogen-bond donors (Lipinski definition) is 1. The van der Waals surface area contributed by atoms with Crippen LogP contribution in [0.4, 0.5) is 0 Å². The number of Topliss-reactive ketones (excluding diaryl/α,β-unsaturated/α-hetero) is 1. The second-order valence-electron chi connectivity index (χ2n) is 3.72. The number of carbonyl (C=O) groups excluding carboxylic acids is 1. The molecular weight excluding hydrogens is 138 g/mol. The molecule has 0 fully saturated rings. The van der Waals surface area contributed by atoms with Crippen molar-refractivity contribution in [2.75, 3.05) is 0 Å². The maximum absolute atomic E-state index is 10.9. The molecule has 0 radical (unpaired) electrons. The van der Waals surface area contributed by atoms with Gasteiger partial charge < -0.3 is 5.73 Å². The molecule has 11 heavy (non-hydrogen) atoms. The molecule has 0 spiro atoms. The van der Waals surface area contributed by atoms with Gasteiger partial charge in [0.1, 0.15) is 5.78 Å². The summed E-state index contributed by atoms with van der Waals surface area (Å²) in [5.74, 6) is 0.333. The third kappa shape index (κ3) is 4.14. The summed E-state index contributed by atoms with van der Waals surface area (Å²) in [5, 5.41) is 0. The average molecular weight is 157 g/mol. The minimum atomic E-state index is -0.176. The van der Waals surface area contributed by atoms with Crippen LogP contribution in [-0.2, 0) is 4.79 Å². The second-order valence-corrected chi connectivity index (χ2v) is 3.72. The van der Waals surface area contributed by atoms with E-state index in [9.17, 15) is 4.79 Å². The van der Waals surface area contributed by atoms with E-state index in [2.05, 4.69) is 0 Å². The largest absolute Gasteiger partial charge is 0.325 e. The van der Waals surface area contributed by atoms with Gasteiger partial charge in [-0.3, -0.25) is 4.79 Å². The summed E-state index contributed by atoms with van der Waals surface area (Å²) >= 11 is 0. The lowest BCUT2D eigenvalue weighted by Crippen LogP contribution is -2.38. The van der Waals surface area contributed by atoms with Gasteiger partial charge in [0, 0.05) is 11.5 Å². The fraction of sp³-hybridized carbons (Fsp3) is 0.889. The van der Waals surface area contributed by atoms with Crippen molar-refractivity contribution in [3.8, 4) is 0 Å². The summed E-state index contributed by atoms with van der Waals surface area (Å²) in [6.45, 7) is 7.60. The molecule has 0 aliphatic rings. The van der Waals surface area contributed by atoms with Gasteiger partial charge in [-0.1, -0.05) is 13.8 Å². The average Bonchev–Trinajstić information content (AvgIpc) is 1.87. The maximum Gasteiger partial charge on any atom is 0.132 e. The van der Waals surface area contributed by atoms with Crippen LogP contribution in [-0.4, -0.2) is 11.3 Å². The van der Waals surface area contributed by atoms with Crippen LogP contribution >= 0.6 is 0 Å². The summed E-state index contributed by atoms with van der Waals surface area (Å²) in [5.41, 5.74) is 5.73. The molecule has 0 aliphatic carbocycles. The monoisotopic (exact) mass is 157 g/mol. The lowest BCUT2D eigenvalue weighted by atomic mass is 9.87. The lowest BCUT2D eigenvalue weighted by molar-refractivity contribution is -0.120. The fourth-order valence-corrected chi connectivity index (χ4v) is 0.988. The Kier molecular flexibility index (Phi) is 3.73. The molecule has 0 amide bonds. The van der Waals surface area contributed by atoms with Crippen LogP contribution in [0.2, 0.25) is 0 Å². The highest BCUT2D eigenvalue weighted by atomic mass is 16.1. The first-order valence-electron chi connectivity index (χ1n) is 4.18. The van der Waals surface area contributed by atoms with E-state index in [0.717, 1.165) is 12.8 Å². The zero-order valence-electron chi connectivity index (χ0n) is 7.98. The predicted molar refractivity (Wildman–Crippen MR) is 47.3 cm³/mol. The highest BCUT2D eigenvalue weighted by Gasteiger charge is 2.21. The van der Waals surface area contributed by atoms with Gasteiger partial charge in [-0.15, -0.1) is 0 Å². The first-order valence-corrected chi connectivity index (χ1v) is 4.18. The first-order chi connectivity index (χ1) is 4.89. The minimum Gasteiger partial charge on any atom is -0.325 e. The van der Waals surface area contributed by atoms with Crippen molar-refractivity contribution >= 4 is 5.78 Å². The Hall–Kier alpha value is -0.370. The van der Waals surface area contributed by atoms with E-state index in [1.54, 1.807) is 6.92 Å². The Labute approximate surface area is 69.2 Å².